The largest absolute Gasteiger partial charge is 0.325 e. The monoisotopic (exact) mass is 366 g/mol. The standard InChI is InChI=1S/C23H30N2O2/c1-15(2)14-19-6-8-20(9-7-19)16(3)24-17(4)23(27)25-22-12-10-21(11-13-22)18(5)26/h6-13,15-17,24H,14H2,1-5H3,(H,25,27)/t16-,17-/m1/s1. The van der Waals surface area contributed by atoms with Crippen molar-refractivity contribution < 1.29 is 9.59 Å². The fourth-order valence-corrected chi connectivity index (χ4v) is 3.00. The van der Waals surface area contributed by atoms with Crippen LogP contribution in [0, 0.1) is 5.92 Å². The molecule has 2 N–H and O–H groups in total. The molecule has 27 heavy (non-hydrogen) atoms. The molecule has 0 unspecified atom stereocenters. The van der Waals surface area contributed by atoms with Crippen LogP contribution in [0.5, 0.6) is 0 Å². The van der Waals surface area contributed by atoms with Gasteiger partial charge >= 0.3 is 0 Å². The number of anilines is 1. The Bertz CT molecular complexity index is 764. The molecule has 0 aliphatic carbocycles. The molecular weight excluding hydrogens is 336 g/mol. The van der Waals surface area contributed by atoms with E-state index in [0.717, 1.165) is 12.0 Å². The SMILES string of the molecule is CC(=O)c1ccc(NC(=O)[C@@H](C)N[C@H](C)c2ccc(CC(C)C)cc2)cc1. The summed E-state index contributed by atoms with van der Waals surface area (Å²) in [6.45, 7) is 9.86. The first kappa shape index (κ1) is 20.8. The number of benzene rings is 2. The number of carbonyl (C=O) groups is 2. The van der Waals surface area contributed by atoms with Gasteiger partial charge in [-0.05, 0) is 68.5 Å². The molecule has 2 atom stereocenters. The normalized spacial score (nSPS) is 13.3. The molecule has 1 amide bonds. The minimum atomic E-state index is -0.345. The highest BCUT2D eigenvalue weighted by molar-refractivity contribution is 5.96. The molecule has 0 saturated heterocycles. The van der Waals surface area contributed by atoms with Crippen LogP contribution >= 0.6 is 0 Å². The molecule has 0 aliphatic heterocycles. The van der Waals surface area contributed by atoms with Crippen LogP contribution in [0.25, 0.3) is 0 Å². The van der Waals surface area contributed by atoms with E-state index in [1.165, 1.54) is 12.5 Å². The van der Waals surface area contributed by atoms with Crippen LogP contribution in [0.4, 0.5) is 5.69 Å². The lowest BCUT2D eigenvalue weighted by atomic mass is 9.99. The van der Waals surface area contributed by atoms with E-state index >= 15 is 0 Å². The molecule has 0 fully saturated rings. The summed E-state index contributed by atoms with van der Waals surface area (Å²) in [5.74, 6) is 0.546. The number of nitrogens with one attached hydrogen (secondary N) is 2. The third-order valence-electron chi connectivity index (χ3n) is 4.58. The molecule has 0 bridgehead atoms. The van der Waals surface area contributed by atoms with Crippen LogP contribution in [-0.4, -0.2) is 17.7 Å². The summed E-state index contributed by atoms with van der Waals surface area (Å²) in [6.07, 6.45) is 1.07. The summed E-state index contributed by atoms with van der Waals surface area (Å²) in [4.78, 5) is 23.8. The van der Waals surface area contributed by atoms with Crippen molar-refractivity contribution in [1.82, 2.24) is 5.32 Å². The van der Waals surface area contributed by atoms with E-state index in [4.69, 9.17) is 0 Å². The molecule has 2 aromatic rings. The van der Waals surface area contributed by atoms with Crippen LogP contribution < -0.4 is 10.6 Å². The van der Waals surface area contributed by atoms with Gasteiger partial charge in [0.1, 0.15) is 0 Å². The lowest BCUT2D eigenvalue weighted by molar-refractivity contribution is -0.117. The van der Waals surface area contributed by atoms with Gasteiger partial charge in [0.05, 0.1) is 6.04 Å². The number of Topliss-reactive ketones (excluding diaryl/α,β-unsaturated/α-hetero) is 1. The summed E-state index contributed by atoms with van der Waals surface area (Å²) in [5.41, 5.74) is 3.81. The van der Waals surface area contributed by atoms with Crippen molar-refractivity contribution in [3.8, 4) is 0 Å². The Morgan fingerprint density at radius 3 is 2.00 bits per heavy atom. The van der Waals surface area contributed by atoms with Crippen LogP contribution in [-0.2, 0) is 11.2 Å². The van der Waals surface area contributed by atoms with Crippen molar-refractivity contribution in [2.24, 2.45) is 5.92 Å². The van der Waals surface area contributed by atoms with Crippen LogP contribution in [0.1, 0.15) is 62.1 Å². The number of carbonyl (C=O) groups excluding carboxylic acids is 2. The Morgan fingerprint density at radius 1 is 0.889 bits per heavy atom. The second-order valence-corrected chi connectivity index (χ2v) is 7.57. The maximum Gasteiger partial charge on any atom is 0.241 e. The van der Waals surface area contributed by atoms with Gasteiger partial charge in [-0.25, -0.2) is 0 Å². The van der Waals surface area contributed by atoms with Gasteiger partial charge in [0.2, 0.25) is 5.91 Å². The van der Waals surface area contributed by atoms with Crippen molar-refractivity contribution in [2.75, 3.05) is 5.32 Å². The number of hydrogen-bond donors (Lipinski definition) is 2. The smallest absolute Gasteiger partial charge is 0.241 e. The molecule has 144 valence electrons. The average molecular weight is 367 g/mol. The van der Waals surface area contributed by atoms with E-state index in [1.54, 1.807) is 24.3 Å². The summed E-state index contributed by atoms with van der Waals surface area (Å²) >= 11 is 0. The molecule has 2 rings (SSSR count). The quantitative estimate of drug-likeness (QED) is 0.662. The first-order chi connectivity index (χ1) is 12.8. The number of hydrogen-bond acceptors (Lipinski definition) is 3. The molecule has 2 aromatic carbocycles. The zero-order valence-electron chi connectivity index (χ0n) is 16.9. The maximum absolute atomic E-state index is 12.4. The van der Waals surface area contributed by atoms with E-state index in [9.17, 15) is 9.59 Å². The summed E-state index contributed by atoms with van der Waals surface area (Å²) in [7, 11) is 0. The number of rotatable bonds is 8. The predicted octanol–water partition coefficient (Wildman–Crippen LogP) is 4.77. The Balaban J connectivity index is 1.91. The third-order valence-corrected chi connectivity index (χ3v) is 4.58. The fourth-order valence-electron chi connectivity index (χ4n) is 3.00. The Kier molecular flexibility index (Phi) is 7.31. The van der Waals surface area contributed by atoms with Crippen LogP contribution in [0.2, 0.25) is 0 Å². The van der Waals surface area contributed by atoms with E-state index in [1.807, 2.05) is 6.92 Å². The molecule has 0 heterocycles. The zero-order valence-corrected chi connectivity index (χ0v) is 16.9. The highest BCUT2D eigenvalue weighted by atomic mass is 16.2. The lowest BCUT2D eigenvalue weighted by Crippen LogP contribution is -2.39. The number of ketones is 1. The minimum absolute atomic E-state index is 0.0103. The van der Waals surface area contributed by atoms with E-state index < -0.39 is 0 Å². The highest BCUT2D eigenvalue weighted by Crippen LogP contribution is 2.17. The average Bonchev–Trinajstić information content (AvgIpc) is 2.62. The van der Waals surface area contributed by atoms with Crippen molar-refractivity contribution in [2.45, 2.75) is 53.1 Å². The minimum Gasteiger partial charge on any atom is -0.325 e. The van der Waals surface area contributed by atoms with E-state index in [-0.39, 0.29) is 23.8 Å². The van der Waals surface area contributed by atoms with Gasteiger partial charge < -0.3 is 5.32 Å². The first-order valence-electron chi connectivity index (χ1n) is 9.53. The lowest BCUT2D eigenvalue weighted by Gasteiger charge is -2.20. The first-order valence-corrected chi connectivity index (χ1v) is 9.53. The summed E-state index contributed by atoms with van der Waals surface area (Å²) < 4.78 is 0. The van der Waals surface area contributed by atoms with Gasteiger partial charge in [0.25, 0.3) is 0 Å². The second kappa shape index (κ2) is 9.47. The summed E-state index contributed by atoms with van der Waals surface area (Å²) in [6, 6.07) is 15.2. The Labute approximate surface area is 162 Å². The summed E-state index contributed by atoms with van der Waals surface area (Å²) in [5, 5.41) is 6.22. The van der Waals surface area contributed by atoms with Gasteiger partial charge in [-0.1, -0.05) is 38.1 Å². The van der Waals surface area contributed by atoms with E-state index in [0.29, 0.717) is 17.2 Å². The number of amides is 1. The molecule has 0 radical (unpaired) electrons. The molecule has 0 spiro atoms. The zero-order chi connectivity index (χ0) is 20.0. The molecular formula is C23H30N2O2. The molecule has 4 nitrogen and oxygen atoms in total. The van der Waals surface area contributed by atoms with Gasteiger partial charge in [-0.15, -0.1) is 0 Å². The second-order valence-electron chi connectivity index (χ2n) is 7.57. The van der Waals surface area contributed by atoms with Crippen LogP contribution in [0.3, 0.4) is 0 Å². The molecule has 4 heteroatoms. The third kappa shape index (κ3) is 6.33. The predicted molar refractivity (Wildman–Crippen MR) is 111 cm³/mol. The van der Waals surface area contributed by atoms with Gasteiger partial charge in [0, 0.05) is 17.3 Å². The van der Waals surface area contributed by atoms with Crippen molar-refractivity contribution in [1.29, 1.82) is 0 Å². The highest BCUT2D eigenvalue weighted by Gasteiger charge is 2.16. The van der Waals surface area contributed by atoms with Crippen molar-refractivity contribution in [3.05, 3.63) is 65.2 Å². The molecule has 0 aromatic heterocycles. The van der Waals surface area contributed by atoms with E-state index in [2.05, 4.69) is 55.7 Å². The van der Waals surface area contributed by atoms with Crippen molar-refractivity contribution in [3.63, 3.8) is 0 Å². The maximum atomic E-state index is 12.4. The molecule has 0 saturated carbocycles. The Hall–Kier alpha value is -2.46. The molecule has 0 aliphatic rings. The topological polar surface area (TPSA) is 58.2 Å². The van der Waals surface area contributed by atoms with Gasteiger partial charge in [0.15, 0.2) is 5.78 Å². The van der Waals surface area contributed by atoms with Crippen LogP contribution in [0.15, 0.2) is 48.5 Å². The van der Waals surface area contributed by atoms with Gasteiger partial charge in [-0.2, -0.15) is 0 Å². The van der Waals surface area contributed by atoms with Crippen molar-refractivity contribution >= 4 is 17.4 Å². The van der Waals surface area contributed by atoms with Gasteiger partial charge in [-0.3, -0.25) is 14.9 Å². The fraction of sp³-hybridized carbons (Fsp3) is 0.391. The Morgan fingerprint density at radius 2 is 1.48 bits per heavy atom.